The molecule has 1 aliphatic heterocycles. The molecule has 1 heterocycles. The van der Waals surface area contributed by atoms with Gasteiger partial charge in [-0.05, 0) is 18.0 Å². The molecule has 0 aromatic heterocycles. The van der Waals surface area contributed by atoms with Crippen LogP contribution in [-0.4, -0.2) is 49.1 Å². The maximum absolute atomic E-state index is 3.68. The molecule has 118 valence electrons. The number of nitrogens with zero attached hydrogens (tertiary/aromatic N) is 1. The molecule has 1 aromatic carbocycles. The number of hydrogen-bond acceptors (Lipinski definition) is 3. The van der Waals surface area contributed by atoms with E-state index >= 15 is 0 Å². The third kappa shape index (κ3) is 5.32. The summed E-state index contributed by atoms with van der Waals surface area (Å²) in [6.45, 7) is 12.7. The molecule has 2 nitrogen and oxygen atoms in total. The van der Waals surface area contributed by atoms with Crippen LogP contribution in [0.4, 0.5) is 0 Å². The number of benzene rings is 1. The van der Waals surface area contributed by atoms with Crippen molar-refractivity contribution in [3.05, 3.63) is 35.9 Å². The molecule has 1 saturated heterocycles. The Morgan fingerprint density at radius 2 is 1.86 bits per heavy atom. The second-order valence-electron chi connectivity index (χ2n) is 6.84. The molecule has 1 atom stereocenters. The standard InChI is InChI=1S/C18H30N2S/c1-16(2)13-19-14-18(3,17-7-5-4-6-8-17)15-20-9-11-21-12-10-20/h4-8,16,19H,9-15H2,1-3H3. The second kappa shape index (κ2) is 8.21. The van der Waals surface area contributed by atoms with E-state index in [1.165, 1.54) is 30.2 Å². The summed E-state index contributed by atoms with van der Waals surface area (Å²) in [5, 5.41) is 3.68. The minimum absolute atomic E-state index is 0.193. The molecule has 0 aliphatic carbocycles. The first-order chi connectivity index (χ1) is 10.1. The molecule has 0 spiro atoms. The fraction of sp³-hybridized carbons (Fsp3) is 0.667. The summed E-state index contributed by atoms with van der Waals surface area (Å²) in [6, 6.07) is 11.0. The van der Waals surface area contributed by atoms with Crippen molar-refractivity contribution in [1.82, 2.24) is 10.2 Å². The molecule has 3 heteroatoms. The monoisotopic (exact) mass is 306 g/mol. The number of thioether (sulfide) groups is 1. The van der Waals surface area contributed by atoms with E-state index in [0.717, 1.165) is 19.6 Å². The van der Waals surface area contributed by atoms with E-state index in [4.69, 9.17) is 0 Å². The first-order valence-electron chi connectivity index (χ1n) is 8.16. The Hall–Kier alpha value is -0.510. The van der Waals surface area contributed by atoms with Crippen LogP contribution >= 0.6 is 11.8 Å². The average molecular weight is 307 g/mol. The highest BCUT2D eigenvalue weighted by Crippen LogP contribution is 2.25. The Kier molecular flexibility index (Phi) is 6.59. The van der Waals surface area contributed by atoms with Gasteiger partial charge in [-0.25, -0.2) is 0 Å². The lowest BCUT2D eigenvalue weighted by atomic mass is 9.81. The van der Waals surface area contributed by atoms with Crippen LogP contribution in [0.3, 0.4) is 0 Å². The summed E-state index contributed by atoms with van der Waals surface area (Å²) in [5.74, 6) is 3.27. The maximum Gasteiger partial charge on any atom is 0.0177 e. The van der Waals surface area contributed by atoms with Crippen molar-refractivity contribution in [1.29, 1.82) is 0 Å². The van der Waals surface area contributed by atoms with E-state index in [0.29, 0.717) is 5.92 Å². The first kappa shape index (κ1) is 16.9. The van der Waals surface area contributed by atoms with E-state index in [2.05, 4.69) is 73.1 Å². The summed E-state index contributed by atoms with van der Waals surface area (Å²) >= 11 is 2.08. The fourth-order valence-electron chi connectivity index (χ4n) is 2.98. The normalized spacial score (nSPS) is 19.6. The zero-order chi connectivity index (χ0) is 15.1. The zero-order valence-corrected chi connectivity index (χ0v) is 14.6. The second-order valence-corrected chi connectivity index (χ2v) is 8.06. The van der Waals surface area contributed by atoms with E-state index in [1.807, 2.05) is 0 Å². The molecule has 0 bridgehead atoms. The Morgan fingerprint density at radius 1 is 1.19 bits per heavy atom. The lowest BCUT2D eigenvalue weighted by molar-refractivity contribution is 0.227. The molecule has 0 radical (unpaired) electrons. The van der Waals surface area contributed by atoms with Crippen LogP contribution in [0.15, 0.2) is 30.3 Å². The van der Waals surface area contributed by atoms with Gasteiger partial charge in [-0.3, -0.25) is 0 Å². The fourth-order valence-corrected chi connectivity index (χ4v) is 3.96. The van der Waals surface area contributed by atoms with Crippen LogP contribution in [0, 0.1) is 5.92 Å². The van der Waals surface area contributed by atoms with Crippen LogP contribution in [0.2, 0.25) is 0 Å². The molecular formula is C18H30N2S. The largest absolute Gasteiger partial charge is 0.316 e. The Labute approximate surface area is 134 Å². The Bertz CT molecular complexity index is 401. The number of rotatable bonds is 7. The minimum atomic E-state index is 0.193. The Balaban J connectivity index is 2.05. The van der Waals surface area contributed by atoms with Gasteiger partial charge in [-0.1, -0.05) is 51.1 Å². The SMILES string of the molecule is CC(C)CNCC(C)(CN1CCSCC1)c1ccccc1. The highest BCUT2D eigenvalue weighted by Gasteiger charge is 2.29. The summed E-state index contributed by atoms with van der Waals surface area (Å²) < 4.78 is 0. The van der Waals surface area contributed by atoms with E-state index < -0.39 is 0 Å². The van der Waals surface area contributed by atoms with Crippen molar-refractivity contribution in [2.24, 2.45) is 5.92 Å². The summed E-state index contributed by atoms with van der Waals surface area (Å²) in [7, 11) is 0. The lowest BCUT2D eigenvalue weighted by Gasteiger charge is -2.38. The summed E-state index contributed by atoms with van der Waals surface area (Å²) in [4.78, 5) is 2.64. The van der Waals surface area contributed by atoms with Crippen LogP contribution in [0.5, 0.6) is 0 Å². The quantitative estimate of drug-likeness (QED) is 0.832. The van der Waals surface area contributed by atoms with Crippen LogP contribution in [0.1, 0.15) is 26.3 Å². The van der Waals surface area contributed by atoms with Crippen LogP contribution < -0.4 is 5.32 Å². The highest BCUT2D eigenvalue weighted by atomic mass is 32.2. The number of hydrogen-bond donors (Lipinski definition) is 1. The van der Waals surface area contributed by atoms with E-state index in [-0.39, 0.29) is 5.41 Å². The molecule has 1 N–H and O–H groups in total. The zero-order valence-electron chi connectivity index (χ0n) is 13.8. The van der Waals surface area contributed by atoms with Gasteiger partial charge in [0.1, 0.15) is 0 Å². The molecule has 0 saturated carbocycles. The molecule has 1 aliphatic rings. The van der Waals surface area contributed by atoms with Gasteiger partial charge in [0.15, 0.2) is 0 Å². The van der Waals surface area contributed by atoms with Gasteiger partial charge in [0.25, 0.3) is 0 Å². The van der Waals surface area contributed by atoms with Crippen molar-refractivity contribution >= 4 is 11.8 Å². The van der Waals surface area contributed by atoms with Crippen LogP contribution in [0.25, 0.3) is 0 Å². The molecule has 0 amide bonds. The third-order valence-corrected chi connectivity index (χ3v) is 5.16. The topological polar surface area (TPSA) is 15.3 Å². The van der Waals surface area contributed by atoms with Crippen molar-refractivity contribution in [3.8, 4) is 0 Å². The van der Waals surface area contributed by atoms with Gasteiger partial charge in [0, 0.05) is 43.1 Å². The maximum atomic E-state index is 3.68. The van der Waals surface area contributed by atoms with Crippen molar-refractivity contribution < 1.29 is 0 Å². The summed E-state index contributed by atoms with van der Waals surface area (Å²) in [5.41, 5.74) is 1.65. The predicted octanol–water partition coefficient (Wildman–Crippen LogP) is 3.24. The molecule has 1 unspecified atom stereocenters. The number of nitrogens with one attached hydrogen (secondary N) is 1. The smallest absolute Gasteiger partial charge is 0.0177 e. The predicted molar refractivity (Wildman–Crippen MR) is 95.3 cm³/mol. The van der Waals surface area contributed by atoms with Gasteiger partial charge in [0.05, 0.1) is 0 Å². The van der Waals surface area contributed by atoms with Crippen LogP contribution in [-0.2, 0) is 5.41 Å². The molecule has 1 aromatic rings. The Morgan fingerprint density at radius 3 is 2.48 bits per heavy atom. The van der Waals surface area contributed by atoms with Crippen molar-refractivity contribution in [2.75, 3.05) is 44.2 Å². The highest BCUT2D eigenvalue weighted by molar-refractivity contribution is 7.99. The van der Waals surface area contributed by atoms with E-state index in [9.17, 15) is 0 Å². The van der Waals surface area contributed by atoms with Gasteiger partial charge in [0.2, 0.25) is 0 Å². The molecule has 1 fully saturated rings. The lowest BCUT2D eigenvalue weighted by Crippen LogP contribution is -2.48. The average Bonchev–Trinajstić information content (AvgIpc) is 2.49. The molecule has 21 heavy (non-hydrogen) atoms. The third-order valence-electron chi connectivity index (χ3n) is 4.21. The first-order valence-corrected chi connectivity index (χ1v) is 9.32. The van der Waals surface area contributed by atoms with Crippen molar-refractivity contribution in [3.63, 3.8) is 0 Å². The summed E-state index contributed by atoms with van der Waals surface area (Å²) in [6.07, 6.45) is 0. The van der Waals surface area contributed by atoms with Crippen molar-refractivity contribution in [2.45, 2.75) is 26.2 Å². The van der Waals surface area contributed by atoms with Gasteiger partial charge >= 0.3 is 0 Å². The molecular weight excluding hydrogens is 276 g/mol. The van der Waals surface area contributed by atoms with Gasteiger partial charge < -0.3 is 10.2 Å². The molecule has 2 rings (SSSR count). The van der Waals surface area contributed by atoms with Gasteiger partial charge in [-0.2, -0.15) is 11.8 Å². The van der Waals surface area contributed by atoms with Gasteiger partial charge in [-0.15, -0.1) is 0 Å². The van der Waals surface area contributed by atoms with E-state index in [1.54, 1.807) is 0 Å². The minimum Gasteiger partial charge on any atom is -0.316 e.